The van der Waals surface area contributed by atoms with Gasteiger partial charge in [0.25, 0.3) is 5.89 Å². The van der Waals surface area contributed by atoms with Crippen molar-refractivity contribution in [2.24, 2.45) is 0 Å². The highest BCUT2D eigenvalue weighted by molar-refractivity contribution is 5.42. The topological polar surface area (TPSA) is 71.9 Å². The molecule has 5 heteroatoms. The van der Waals surface area contributed by atoms with E-state index in [2.05, 4.69) is 16.2 Å². The third-order valence-corrected chi connectivity index (χ3v) is 2.50. The molecule has 0 spiro atoms. The van der Waals surface area contributed by atoms with Crippen LogP contribution in [0.5, 0.6) is 5.75 Å². The van der Waals surface area contributed by atoms with E-state index in [1.165, 1.54) is 0 Å². The lowest BCUT2D eigenvalue weighted by molar-refractivity contribution is 0.241. The molecular formula is C14H15N3O2. The molecule has 0 aliphatic carbocycles. The number of hydrogen-bond donors (Lipinski definition) is 0. The minimum atomic E-state index is -0.160. The molecule has 0 bridgehead atoms. The summed E-state index contributed by atoms with van der Waals surface area (Å²) in [7, 11) is 0. The Morgan fingerprint density at radius 1 is 1.32 bits per heavy atom. The van der Waals surface area contributed by atoms with Gasteiger partial charge in [0, 0.05) is 5.41 Å². The van der Waals surface area contributed by atoms with Crippen LogP contribution in [0.1, 0.15) is 38.0 Å². The van der Waals surface area contributed by atoms with E-state index >= 15 is 0 Å². The minimum Gasteiger partial charge on any atom is -0.482 e. The summed E-state index contributed by atoms with van der Waals surface area (Å²) in [6.07, 6.45) is 0. The van der Waals surface area contributed by atoms with Crippen molar-refractivity contribution in [3.8, 4) is 11.8 Å². The molecule has 1 heterocycles. The van der Waals surface area contributed by atoms with Crippen molar-refractivity contribution in [1.29, 1.82) is 5.26 Å². The fraction of sp³-hybridized carbons (Fsp3) is 0.357. The molecule has 0 saturated carbocycles. The third kappa shape index (κ3) is 3.10. The highest BCUT2D eigenvalue weighted by Crippen LogP contribution is 2.20. The van der Waals surface area contributed by atoms with E-state index in [0.29, 0.717) is 23.0 Å². The number of benzene rings is 1. The fourth-order valence-corrected chi connectivity index (χ4v) is 1.44. The van der Waals surface area contributed by atoms with Gasteiger partial charge in [0.2, 0.25) is 0 Å². The quantitative estimate of drug-likeness (QED) is 0.845. The van der Waals surface area contributed by atoms with Crippen LogP contribution < -0.4 is 4.74 Å². The molecule has 0 fully saturated rings. The number of ether oxygens (including phenoxy) is 1. The summed E-state index contributed by atoms with van der Waals surface area (Å²) in [4.78, 5) is 4.27. The van der Waals surface area contributed by atoms with E-state index < -0.39 is 0 Å². The number of hydrogen-bond acceptors (Lipinski definition) is 5. The number of nitrogens with zero attached hydrogens (tertiary/aromatic N) is 3. The Kier molecular flexibility index (Phi) is 3.52. The maximum absolute atomic E-state index is 8.95. The predicted molar refractivity (Wildman–Crippen MR) is 68.5 cm³/mol. The molecule has 0 aliphatic heterocycles. The Labute approximate surface area is 111 Å². The van der Waals surface area contributed by atoms with Gasteiger partial charge in [-0.3, -0.25) is 0 Å². The molecule has 19 heavy (non-hydrogen) atoms. The first-order chi connectivity index (χ1) is 9.00. The van der Waals surface area contributed by atoms with Gasteiger partial charge >= 0.3 is 0 Å². The third-order valence-electron chi connectivity index (χ3n) is 2.50. The first kappa shape index (κ1) is 13.1. The molecule has 0 N–H and O–H groups in total. The number of para-hydroxylation sites is 1. The van der Waals surface area contributed by atoms with Crippen molar-refractivity contribution in [2.75, 3.05) is 0 Å². The Morgan fingerprint density at radius 2 is 2.05 bits per heavy atom. The zero-order chi connectivity index (χ0) is 13.9. The molecule has 2 aromatic rings. The Morgan fingerprint density at radius 3 is 2.68 bits per heavy atom. The van der Waals surface area contributed by atoms with Crippen LogP contribution in [-0.2, 0) is 12.0 Å². The minimum absolute atomic E-state index is 0.155. The van der Waals surface area contributed by atoms with Gasteiger partial charge in [-0.25, -0.2) is 0 Å². The van der Waals surface area contributed by atoms with Gasteiger partial charge in [0.15, 0.2) is 12.4 Å². The van der Waals surface area contributed by atoms with Gasteiger partial charge in [-0.2, -0.15) is 10.2 Å². The van der Waals surface area contributed by atoms with E-state index in [9.17, 15) is 0 Å². The summed E-state index contributed by atoms with van der Waals surface area (Å²) < 4.78 is 10.6. The summed E-state index contributed by atoms with van der Waals surface area (Å²) in [5.41, 5.74) is 0.324. The Balaban J connectivity index is 2.07. The summed E-state index contributed by atoms with van der Waals surface area (Å²) in [6.45, 7) is 6.18. The molecule has 0 atom stereocenters. The van der Waals surface area contributed by atoms with Crippen LogP contribution in [0.4, 0.5) is 0 Å². The molecule has 0 saturated heterocycles. The standard InChI is InChI=1S/C14H15N3O2/c1-14(2,3)13-16-12(19-17-13)9-18-11-7-5-4-6-10(11)8-15/h4-7H,9H2,1-3H3. The molecule has 0 unspecified atom stereocenters. The Hall–Kier alpha value is -2.35. The van der Waals surface area contributed by atoms with Crippen molar-refractivity contribution in [3.63, 3.8) is 0 Å². The fourth-order valence-electron chi connectivity index (χ4n) is 1.44. The summed E-state index contributed by atoms with van der Waals surface area (Å²) in [6, 6.07) is 9.10. The van der Waals surface area contributed by atoms with Gasteiger partial charge in [-0.05, 0) is 12.1 Å². The normalized spacial score (nSPS) is 11.1. The second kappa shape index (κ2) is 5.11. The zero-order valence-corrected chi connectivity index (χ0v) is 11.2. The number of rotatable bonds is 3. The van der Waals surface area contributed by atoms with Crippen molar-refractivity contribution in [3.05, 3.63) is 41.5 Å². The monoisotopic (exact) mass is 257 g/mol. The van der Waals surface area contributed by atoms with Crippen LogP contribution >= 0.6 is 0 Å². The Bertz CT molecular complexity index is 606. The van der Waals surface area contributed by atoms with Crippen LogP contribution in [0.25, 0.3) is 0 Å². The van der Waals surface area contributed by atoms with Gasteiger partial charge < -0.3 is 9.26 Å². The molecule has 0 aliphatic rings. The van der Waals surface area contributed by atoms with E-state index in [1.54, 1.807) is 18.2 Å². The summed E-state index contributed by atoms with van der Waals surface area (Å²) in [5.74, 6) is 1.55. The lowest BCUT2D eigenvalue weighted by Gasteiger charge is -2.10. The molecule has 0 amide bonds. The van der Waals surface area contributed by atoms with Crippen LogP contribution in [0.15, 0.2) is 28.8 Å². The van der Waals surface area contributed by atoms with E-state index in [1.807, 2.05) is 26.8 Å². The van der Waals surface area contributed by atoms with E-state index in [4.69, 9.17) is 14.5 Å². The summed E-state index contributed by atoms with van der Waals surface area (Å²) in [5, 5.41) is 12.9. The van der Waals surface area contributed by atoms with E-state index in [-0.39, 0.29) is 12.0 Å². The van der Waals surface area contributed by atoms with Crippen molar-refractivity contribution in [2.45, 2.75) is 32.8 Å². The van der Waals surface area contributed by atoms with E-state index in [0.717, 1.165) is 0 Å². The van der Waals surface area contributed by atoms with Crippen LogP contribution in [0, 0.1) is 11.3 Å². The van der Waals surface area contributed by atoms with Gasteiger partial charge in [0.1, 0.15) is 11.8 Å². The summed E-state index contributed by atoms with van der Waals surface area (Å²) >= 11 is 0. The first-order valence-electron chi connectivity index (χ1n) is 5.95. The van der Waals surface area contributed by atoms with Crippen LogP contribution in [-0.4, -0.2) is 10.1 Å². The highest BCUT2D eigenvalue weighted by atomic mass is 16.5. The van der Waals surface area contributed by atoms with Gasteiger partial charge in [0.05, 0.1) is 5.56 Å². The molecule has 5 nitrogen and oxygen atoms in total. The average molecular weight is 257 g/mol. The predicted octanol–water partition coefficient (Wildman–Crippen LogP) is 2.82. The average Bonchev–Trinajstić information content (AvgIpc) is 2.85. The maximum Gasteiger partial charge on any atom is 0.264 e. The van der Waals surface area contributed by atoms with Crippen LogP contribution in [0.3, 0.4) is 0 Å². The largest absolute Gasteiger partial charge is 0.482 e. The molecule has 98 valence electrons. The lowest BCUT2D eigenvalue weighted by Crippen LogP contribution is -2.13. The van der Waals surface area contributed by atoms with Crippen molar-refractivity contribution >= 4 is 0 Å². The zero-order valence-electron chi connectivity index (χ0n) is 11.2. The maximum atomic E-state index is 8.95. The lowest BCUT2D eigenvalue weighted by atomic mass is 9.96. The van der Waals surface area contributed by atoms with Crippen LogP contribution in [0.2, 0.25) is 0 Å². The first-order valence-corrected chi connectivity index (χ1v) is 5.95. The smallest absolute Gasteiger partial charge is 0.264 e. The SMILES string of the molecule is CC(C)(C)c1noc(COc2ccccc2C#N)n1. The molecule has 1 aromatic carbocycles. The van der Waals surface area contributed by atoms with Gasteiger partial charge in [-0.1, -0.05) is 38.1 Å². The molecule has 0 radical (unpaired) electrons. The molecule has 1 aromatic heterocycles. The van der Waals surface area contributed by atoms with Crippen molar-refractivity contribution < 1.29 is 9.26 Å². The second-order valence-corrected chi connectivity index (χ2v) is 5.16. The second-order valence-electron chi connectivity index (χ2n) is 5.16. The van der Waals surface area contributed by atoms with Crippen molar-refractivity contribution in [1.82, 2.24) is 10.1 Å². The molecule has 2 rings (SSSR count). The van der Waals surface area contributed by atoms with Gasteiger partial charge in [-0.15, -0.1) is 0 Å². The highest BCUT2D eigenvalue weighted by Gasteiger charge is 2.21. The molecular weight excluding hydrogens is 242 g/mol. The number of nitriles is 1. The number of aromatic nitrogens is 2.